The summed E-state index contributed by atoms with van der Waals surface area (Å²) in [5.74, 6) is -0.399. The van der Waals surface area contributed by atoms with Crippen molar-refractivity contribution in [3.05, 3.63) is 0 Å². The van der Waals surface area contributed by atoms with Crippen LogP contribution in [0.1, 0.15) is 167 Å². The van der Waals surface area contributed by atoms with Gasteiger partial charge in [0, 0.05) is 6.42 Å². The van der Waals surface area contributed by atoms with E-state index >= 15 is 0 Å². The number of unbranched alkanes of at least 4 members (excludes halogenated alkanes) is 23. The molecule has 1 N–H and O–H groups in total. The number of carbonyl (C=O) groups excluding carboxylic acids is 1. The maximum absolute atomic E-state index is 10.5. The molecule has 0 unspecified atom stereocenters. The first kappa shape index (κ1) is 28.5. The van der Waals surface area contributed by atoms with Crippen LogP contribution < -0.4 is 5.73 Å². The first-order chi connectivity index (χ1) is 14.3. The molecule has 0 fully saturated rings. The zero-order chi connectivity index (χ0) is 21.3. The SMILES string of the molecule is CCCCCCCCCCCCCCCCCCCCCCCCCCC([NH])=O. The first-order valence-electron chi connectivity index (χ1n) is 13.5. The van der Waals surface area contributed by atoms with Crippen molar-refractivity contribution in [3.63, 3.8) is 0 Å². The van der Waals surface area contributed by atoms with Crippen molar-refractivity contribution >= 4 is 5.91 Å². The average molecular weight is 409 g/mol. The third-order valence-electron chi connectivity index (χ3n) is 6.26. The van der Waals surface area contributed by atoms with E-state index in [-0.39, 0.29) is 0 Å². The van der Waals surface area contributed by atoms with Crippen LogP contribution >= 0.6 is 0 Å². The molecule has 0 atom stereocenters. The van der Waals surface area contributed by atoms with E-state index in [9.17, 15) is 4.79 Å². The van der Waals surface area contributed by atoms with Gasteiger partial charge in [0.25, 0.3) is 0 Å². The average Bonchev–Trinajstić information content (AvgIpc) is 2.71. The molecule has 0 spiro atoms. The van der Waals surface area contributed by atoms with E-state index in [0.717, 1.165) is 12.8 Å². The Labute approximate surface area is 184 Å². The van der Waals surface area contributed by atoms with Crippen molar-refractivity contribution in [3.8, 4) is 0 Å². The molecule has 2 heteroatoms. The molecule has 0 aromatic heterocycles. The number of carbonyl (C=O) groups is 1. The van der Waals surface area contributed by atoms with E-state index in [1.807, 2.05) is 0 Å². The van der Waals surface area contributed by atoms with E-state index in [2.05, 4.69) is 6.92 Å². The lowest BCUT2D eigenvalue weighted by Crippen LogP contribution is -1.96. The maximum atomic E-state index is 10.5. The van der Waals surface area contributed by atoms with Crippen LogP contribution in [0.4, 0.5) is 0 Å². The molecule has 2 nitrogen and oxygen atoms in total. The number of hydrogen-bond acceptors (Lipinski definition) is 1. The van der Waals surface area contributed by atoms with Crippen LogP contribution in [0.15, 0.2) is 0 Å². The van der Waals surface area contributed by atoms with Gasteiger partial charge in [-0.05, 0) is 6.42 Å². The molecule has 0 aliphatic rings. The van der Waals surface area contributed by atoms with Gasteiger partial charge in [0.1, 0.15) is 0 Å². The minimum atomic E-state index is -0.399. The fraction of sp³-hybridized carbons (Fsp3) is 0.963. The molecule has 0 bridgehead atoms. The van der Waals surface area contributed by atoms with Gasteiger partial charge in [-0.25, -0.2) is 0 Å². The molecule has 0 rings (SSSR count). The Hall–Kier alpha value is -0.530. The molecule has 0 heterocycles. The lowest BCUT2D eigenvalue weighted by molar-refractivity contribution is -0.118. The summed E-state index contributed by atoms with van der Waals surface area (Å²) in [5.41, 5.74) is 6.87. The zero-order valence-corrected chi connectivity index (χ0v) is 20.1. The summed E-state index contributed by atoms with van der Waals surface area (Å²) in [6.07, 6.45) is 33.9. The van der Waals surface area contributed by atoms with Gasteiger partial charge < -0.3 is 0 Å². The normalized spacial score (nSPS) is 11.2. The Morgan fingerprint density at radius 3 is 0.828 bits per heavy atom. The lowest BCUT2D eigenvalue weighted by Gasteiger charge is -2.04. The minimum Gasteiger partial charge on any atom is -0.273 e. The quantitative estimate of drug-likeness (QED) is 0.139. The maximum Gasteiger partial charge on any atom is 0.238 e. The molecule has 29 heavy (non-hydrogen) atoms. The van der Waals surface area contributed by atoms with Crippen LogP contribution in [0.2, 0.25) is 0 Å². The monoisotopic (exact) mass is 408 g/mol. The summed E-state index contributed by atoms with van der Waals surface area (Å²) in [7, 11) is 0. The third kappa shape index (κ3) is 27.5. The predicted molar refractivity (Wildman–Crippen MR) is 129 cm³/mol. The molecule has 0 saturated heterocycles. The van der Waals surface area contributed by atoms with Crippen LogP contribution in [0, 0.1) is 0 Å². The fourth-order valence-corrected chi connectivity index (χ4v) is 4.25. The molecule has 1 radical (unpaired) electrons. The first-order valence-corrected chi connectivity index (χ1v) is 13.5. The summed E-state index contributed by atoms with van der Waals surface area (Å²) >= 11 is 0. The highest BCUT2D eigenvalue weighted by Gasteiger charge is 1.97. The van der Waals surface area contributed by atoms with Crippen molar-refractivity contribution in [1.29, 1.82) is 0 Å². The summed E-state index contributed by atoms with van der Waals surface area (Å²) in [6.45, 7) is 2.29. The number of rotatable bonds is 25. The van der Waals surface area contributed by atoms with E-state index in [1.165, 1.54) is 141 Å². The van der Waals surface area contributed by atoms with E-state index in [1.54, 1.807) is 0 Å². The van der Waals surface area contributed by atoms with Crippen LogP contribution in [0.3, 0.4) is 0 Å². The van der Waals surface area contributed by atoms with Gasteiger partial charge in [-0.15, -0.1) is 0 Å². The van der Waals surface area contributed by atoms with E-state index in [4.69, 9.17) is 5.73 Å². The van der Waals surface area contributed by atoms with Crippen molar-refractivity contribution in [1.82, 2.24) is 5.73 Å². The van der Waals surface area contributed by atoms with Crippen LogP contribution in [0.5, 0.6) is 0 Å². The molecular weight excluding hydrogens is 354 g/mol. The van der Waals surface area contributed by atoms with Gasteiger partial charge in [-0.3, -0.25) is 10.5 Å². The van der Waals surface area contributed by atoms with Crippen LogP contribution in [0.25, 0.3) is 0 Å². The Morgan fingerprint density at radius 1 is 0.414 bits per heavy atom. The summed E-state index contributed by atoms with van der Waals surface area (Å²) < 4.78 is 0. The fourth-order valence-electron chi connectivity index (χ4n) is 4.25. The molecule has 0 aliphatic heterocycles. The van der Waals surface area contributed by atoms with Gasteiger partial charge in [0.05, 0.1) is 0 Å². The van der Waals surface area contributed by atoms with E-state index < -0.39 is 5.91 Å². The molecule has 0 aromatic carbocycles. The van der Waals surface area contributed by atoms with Gasteiger partial charge in [-0.2, -0.15) is 0 Å². The number of hydrogen-bond donors (Lipinski definition) is 0. The van der Waals surface area contributed by atoms with Crippen molar-refractivity contribution in [2.24, 2.45) is 0 Å². The van der Waals surface area contributed by atoms with Crippen LogP contribution in [-0.2, 0) is 4.79 Å². The van der Waals surface area contributed by atoms with Gasteiger partial charge in [0.15, 0.2) is 0 Å². The molecule has 1 amide bonds. The Kier molecular flexibility index (Phi) is 25.0. The Balaban J connectivity index is 2.99. The second-order valence-electron chi connectivity index (χ2n) is 9.30. The van der Waals surface area contributed by atoms with Gasteiger partial charge in [0.2, 0.25) is 5.91 Å². The third-order valence-corrected chi connectivity index (χ3v) is 6.26. The van der Waals surface area contributed by atoms with Crippen molar-refractivity contribution < 1.29 is 4.79 Å². The van der Waals surface area contributed by atoms with Gasteiger partial charge >= 0.3 is 0 Å². The second kappa shape index (κ2) is 25.5. The highest BCUT2D eigenvalue weighted by atomic mass is 16.1. The van der Waals surface area contributed by atoms with Gasteiger partial charge in [-0.1, -0.05) is 155 Å². The summed E-state index contributed by atoms with van der Waals surface area (Å²) in [6, 6.07) is 0. The topological polar surface area (TPSA) is 40.9 Å². The second-order valence-corrected chi connectivity index (χ2v) is 9.30. The van der Waals surface area contributed by atoms with E-state index in [0.29, 0.717) is 6.42 Å². The zero-order valence-electron chi connectivity index (χ0n) is 20.1. The highest BCUT2D eigenvalue weighted by molar-refractivity contribution is 5.72. The molecule has 0 aromatic rings. The Morgan fingerprint density at radius 2 is 0.621 bits per heavy atom. The summed E-state index contributed by atoms with van der Waals surface area (Å²) in [4.78, 5) is 10.5. The number of nitrogens with one attached hydrogen (secondary N) is 1. The molecule has 173 valence electrons. The Bertz CT molecular complexity index is 316. The molecular formula is C27H54NO. The predicted octanol–water partition coefficient (Wildman–Crippen LogP) is 9.57. The smallest absolute Gasteiger partial charge is 0.238 e. The highest BCUT2D eigenvalue weighted by Crippen LogP contribution is 2.15. The lowest BCUT2D eigenvalue weighted by atomic mass is 10.0. The van der Waals surface area contributed by atoms with Crippen molar-refractivity contribution in [2.45, 2.75) is 167 Å². The summed E-state index contributed by atoms with van der Waals surface area (Å²) in [5, 5.41) is 0. The van der Waals surface area contributed by atoms with Crippen molar-refractivity contribution in [2.75, 3.05) is 0 Å². The number of amides is 1. The van der Waals surface area contributed by atoms with Crippen LogP contribution in [-0.4, -0.2) is 5.91 Å². The largest absolute Gasteiger partial charge is 0.273 e. The molecule has 0 aliphatic carbocycles. The minimum absolute atomic E-state index is 0.399. The molecule has 0 saturated carbocycles. The standard InChI is InChI=1S/C27H54NO/c1-2-3-4-5-6-7-8-9-10-11-12-13-14-15-16-17-18-19-20-21-22-23-24-25-26-27(28)29/h28H,2-26H2,1H3.